The molecule has 7 nitrogen and oxygen atoms in total. The van der Waals surface area contributed by atoms with Gasteiger partial charge in [0.15, 0.2) is 0 Å². The Morgan fingerprint density at radius 1 is 1.19 bits per heavy atom. The first kappa shape index (κ1) is 19.7. The third-order valence-corrected chi connectivity index (χ3v) is 6.72. The minimum atomic E-state index is -3.69. The molecule has 1 N–H and O–H groups in total. The van der Waals surface area contributed by atoms with Crippen LogP contribution in [0.3, 0.4) is 0 Å². The molecule has 3 rings (SSSR count). The van der Waals surface area contributed by atoms with Crippen LogP contribution >= 0.6 is 0 Å². The van der Waals surface area contributed by atoms with Crippen molar-refractivity contribution in [2.24, 2.45) is 0 Å². The van der Waals surface area contributed by atoms with Crippen molar-refractivity contribution >= 4 is 27.1 Å². The van der Waals surface area contributed by atoms with Crippen LogP contribution in [-0.4, -0.2) is 77.5 Å². The lowest BCUT2D eigenvalue weighted by Crippen LogP contribution is -2.47. The van der Waals surface area contributed by atoms with E-state index in [-0.39, 0.29) is 4.90 Å². The van der Waals surface area contributed by atoms with Crippen molar-refractivity contribution in [2.45, 2.75) is 31.2 Å². The van der Waals surface area contributed by atoms with Gasteiger partial charge >= 0.3 is 0 Å². The second-order valence-corrected chi connectivity index (χ2v) is 9.84. The third-order valence-electron chi connectivity index (χ3n) is 4.76. The summed E-state index contributed by atoms with van der Waals surface area (Å²) >= 11 is 0. The molecule has 0 amide bonds. The smallest absolute Gasteiger partial charge is 0.244 e. The Balaban J connectivity index is 2.16. The number of benzene rings is 1. The minimum absolute atomic E-state index is 0.191. The quantitative estimate of drug-likeness (QED) is 0.374. The molecule has 1 fully saturated rings. The zero-order chi connectivity index (χ0) is 19.8. The van der Waals surface area contributed by atoms with E-state index in [1.165, 1.54) is 10.5 Å². The second-order valence-electron chi connectivity index (χ2n) is 7.94. The second kappa shape index (κ2) is 7.18. The lowest BCUT2D eigenvalue weighted by molar-refractivity contribution is -0.816. The highest BCUT2D eigenvalue weighted by Gasteiger charge is 2.32. The van der Waals surface area contributed by atoms with Gasteiger partial charge in [0.1, 0.15) is 0 Å². The molecule has 0 bridgehead atoms. The van der Waals surface area contributed by atoms with Gasteiger partial charge in [0.05, 0.1) is 16.0 Å². The maximum Gasteiger partial charge on any atom is 0.244 e. The molecule has 0 aliphatic carbocycles. The van der Waals surface area contributed by atoms with E-state index in [9.17, 15) is 13.6 Å². The molecule has 0 spiro atoms. The summed E-state index contributed by atoms with van der Waals surface area (Å²) in [5, 5.41) is 11.1. The molecule has 0 radical (unpaired) electrons. The molecule has 0 atom stereocenters. The van der Waals surface area contributed by atoms with E-state index in [2.05, 4.69) is 9.88 Å². The average molecular weight is 392 g/mol. The van der Waals surface area contributed by atoms with E-state index < -0.39 is 15.6 Å². The van der Waals surface area contributed by atoms with Gasteiger partial charge in [-0.2, -0.15) is 4.31 Å². The molecule has 1 aromatic heterocycles. The van der Waals surface area contributed by atoms with Crippen molar-refractivity contribution in [3.63, 3.8) is 0 Å². The number of aromatic nitrogens is 1. The predicted octanol–water partition coefficient (Wildman–Crippen LogP) is 1.79. The minimum Gasteiger partial charge on any atom is -0.304 e. The summed E-state index contributed by atoms with van der Waals surface area (Å²) in [5.41, 5.74) is 0.550. The number of sulfonamides is 1. The predicted molar refractivity (Wildman–Crippen MR) is 105 cm³/mol. The van der Waals surface area contributed by atoms with Crippen molar-refractivity contribution < 1.29 is 18.4 Å². The van der Waals surface area contributed by atoms with E-state index in [0.29, 0.717) is 37.3 Å². The molecule has 27 heavy (non-hydrogen) atoms. The van der Waals surface area contributed by atoms with E-state index in [0.717, 1.165) is 10.1 Å². The van der Waals surface area contributed by atoms with Gasteiger partial charge in [0.2, 0.25) is 21.8 Å². The molecule has 2 aromatic rings. The maximum absolute atomic E-state index is 13.4. The van der Waals surface area contributed by atoms with Crippen LogP contribution in [0.25, 0.3) is 10.9 Å². The fraction of sp³-hybridized carbons (Fsp3) is 0.474. The number of rotatable bonds is 3. The molecule has 2 heterocycles. The van der Waals surface area contributed by atoms with Crippen molar-refractivity contribution in [3.8, 4) is 0 Å². The molecule has 1 aromatic carbocycles. The molecule has 1 aliphatic rings. The van der Waals surface area contributed by atoms with Gasteiger partial charge < -0.3 is 4.90 Å². The molecule has 0 saturated carbocycles. The van der Waals surface area contributed by atoms with Gasteiger partial charge in [-0.15, -0.1) is 0 Å². The lowest BCUT2D eigenvalue weighted by Gasteiger charge is -2.31. The largest absolute Gasteiger partial charge is 0.304 e. The number of hydrogen-bond acceptors (Lipinski definition) is 5. The fourth-order valence-electron chi connectivity index (χ4n) is 2.93. The summed E-state index contributed by atoms with van der Waals surface area (Å²) in [6, 6.07) is 6.99. The first-order valence-corrected chi connectivity index (χ1v) is 10.4. The number of piperazine rings is 1. The Hall–Kier alpha value is -2.03. The van der Waals surface area contributed by atoms with Gasteiger partial charge in [0, 0.05) is 58.5 Å². The summed E-state index contributed by atoms with van der Waals surface area (Å²) in [5.74, 6) is 0. The number of pyridine rings is 1. The SMILES string of the molecule is CN1CCN(S(=O)(=O)c2cc3cccnc3cc2/C=[N+](\O)C(C)(C)C)CC1. The standard InChI is InChI=1S/C19H27N4O3S/c1-19(2,3)23(24)14-16-12-17-15(6-5-7-20-17)13-18(16)27(25,26)22-10-8-21(4)9-11-22/h5-7,12-14,24H,8-11H2,1-4H3/q+1/b23-14-. The van der Waals surface area contributed by atoms with Crippen LogP contribution < -0.4 is 0 Å². The number of hydroxylamine groups is 1. The van der Waals surface area contributed by atoms with E-state index in [4.69, 9.17) is 0 Å². The van der Waals surface area contributed by atoms with Gasteiger partial charge in [-0.25, -0.2) is 8.42 Å². The third kappa shape index (κ3) is 4.12. The van der Waals surface area contributed by atoms with Crippen LogP contribution in [0.4, 0.5) is 0 Å². The van der Waals surface area contributed by atoms with Crippen molar-refractivity contribution in [1.29, 1.82) is 0 Å². The Morgan fingerprint density at radius 3 is 2.48 bits per heavy atom. The van der Waals surface area contributed by atoms with Crippen LogP contribution in [-0.2, 0) is 10.0 Å². The van der Waals surface area contributed by atoms with Gasteiger partial charge in [-0.05, 0) is 30.0 Å². The average Bonchev–Trinajstić information content (AvgIpc) is 2.60. The zero-order valence-electron chi connectivity index (χ0n) is 16.3. The summed E-state index contributed by atoms with van der Waals surface area (Å²) in [6.07, 6.45) is 3.14. The Bertz CT molecular complexity index is 972. The highest BCUT2D eigenvalue weighted by molar-refractivity contribution is 7.89. The van der Waals surface area contributed by atoms with E-state index in [1.54, 1.807) is 24.4 Å². The van der Waals surface area contributed by atoms with E-state index in [1.807, 2.05) is 33.9 Å². The van der Waals surface area contributed by atoms with Crippen molar-refractivity contribution in [1.82, 2.24) is 14.2 Å². The zero-order valence-corrected chi connectivity index (χ0v) is 17.1. The number of hydrogen-bond donors (Lipinski definition) is 1. The van der Waals surface area contributed by atoms with Gasteiger partial charge in [-0.1, -0.05) is 6.07 Å². The molecule has 1 aliphatic heterocycles. The number of fused-ring (bicyclic) bond motifs is 1. The number of likely N-dealkylation sites (N-methyl/N-ethyl adjacent to an activating group) is 1. The lowest BCUT2D eigenvalue weighted by atomic mass is 10.1. The van der Waals surface area contributed by atoms with Crippen molar-refractivity contribution in [2.75, 3.05) is 33.2 Å². The Labute approximate surface area is 160 Å². The van der Waals surface area contributed by atoms with Gasteiger partial charge in [0.25, 0.3) is 0 Å². The fourth-order valence-corrected chi connectivity index (χ4v) is 4.54. The molecule has 8 heteroatoms. The maximum atomic E-state index is 13.4. The summed E-state index contributed by atoms with van der Waals surface area (Å²) in [7, 11) is -1.70. The van der Waals surface area contributed by atoms with Crippen LogP contribution in [0, 0.1) is 0 Å². The molecule has 0 unspecified atom stereocenters. The monoisotopic (exact) mass is 391 g/mol. The molecular weight excluding hydrogens is 364 g/mol. The van der Waals surface area contributed by atoms with Crippen LogP contribution in [0.15, 0.2) is 35.4 Å². The summed E-state index contributed by atoms with van der Waals surface area (Å²) < 4.78 is 29.3. The molecule has 1 saturated heterocycles. The summed E-state index contributed by atoms with van der Waals surface area (Å²) in [4.78, 5) is 6.62. The van der Waals surface area contributed by atoms with Crippen LogP contribution in [0.1, 0.15) is 26.3 Å². The first-order valence-electron chi connectivity index (χ1n) is 8.99. The Kier molecular flexibility index (Phi) is 5.24. The van der Waals surface area contributed by atoms with Gasteiger partial charge in [-0.3, -0.25) is 10.2 Å². The highest BCUT2D eigenvalue weighted by atomic mass is 32.2. The van der Waals surface area contributed by atoms with Crippen LogP contribution in [0.2, 0.25) is 0 Å². The highest BCUT2D eigenvalue weighted by Crippen LogP contribution is 2.25. The van der Waals surface area contributed by atoms with Crippen LogP contribution in [0.5, 0.6) is 0 Å². The molecular formula is C19H27N4O3S+. The van der Waals surface area contributed by atoms with E-state index >= 15 is 0 Å². The van der Waals surface area contributed by atoms with Crippen molar-refractivity contribution in [3.05, 3.63) is 36.0 Å². The number of nitrogens with zero attached hydrogens (tertiary/aromatic N) is 4. The molecule has 146 valence electrons. The Morgan fingerprint density at radius 2 is 1.85 bits per heavy atom. The topological polar surface area (TPSA) is 76.8 Å². The first-order chi connectivity index (χ1) is 12.6. The normalized spacial score (nSPS) is 18.1. The summed E-state index contributed by atoms with van der Waals surface area (Å²) in [6.45, 7) is 7.83.